The molecule has 0 amide bonds. The van der Waals surface area contributed by atoms with E-state index < -0.39 is 0 Å². The van der Waals surface area contributed by atoms with Crippen molar-refractivity contribution in [3.8, 4) is 0 Å². The summed E-state index contributed by atoms with van der Waals surface area (Å²) in [7, 11) is 1.80. The average Bonchev–Trinajstić information content (AvgIpc) is 2.70. The molecule has 5 heteroatoms. The molecule has 1 aliphatic heterocycles. The van der Waals surface area contributed by atoms with Crippen LogP contribution in [0.25, 0.3) is 0 Å². The number of ether oxygens (including phenoxy) is 1. The van der Waals surface area contributed by atoms with Crippen LogP contribution in [0.2, 0.25) is 5.02 Å². The zero-order valence-corrected chi connectivity index (χ0v) is 15.9. The van der Waals surface area contributed by atoms with Crippen LogP contribution in [0.3, 0.4) is 0 Å². The number of guanidine groups is 1. The molecular formula is C21H26ClN3O. The quantitative estimate of drug-likeness (QED) is 0.621. The lowest BCUT2D eigenvalue weighted by Crippen LogP contribution is -2.48. The number of halogens is 1. The number of aliphatic imine (C=N–C) groups is 1. The molecule has 1 saturated heterocycles. The van der Waals surface area contributed by atoms with Crippen molar-refractivity contribution in [2.75, 3.05) is 26.8 Å². The van der Waals surface area contributed by atoms with E-state index in [0.717, 1.165) is 50.1 Å². The normalized spacial score (nSPS) is 16.9. The second-order valence-corrected chi connectivity index (χ2v) is 7.04. The van der Waals surface area contributed by atoms with Gasteiger partial charge in [0.15, 0.2) is 5.96 Å². The zero-order valence-electron chi connectivity index (χ0n) is 15.2. The topological polar surface area (TPSA) is 45.7 Å². The molecule has 1 aliphatic rings. The van der Waals surface area contributed by atoms with Gasteiger partial charge in [0.05, 0.1) is 0 Å². The number of benzene rings is 2. The lowest BCUT2D eigenvalue weighted by Gasteiger charge is -2.38. The van der Waals surface area contributed by atoms with Gasteiger partial charge in [-0.25, -0.2) is 0 Å². The van der Waals surface area contributed by atoms with Gasteiger partial charge in [-0.05, 0) is 30.0 Å². The summed E-state index contributed by atoms with van der Waals surface area (Å²) < 4.78 is 5.61. The third-order valence-electron chi connectivity index (χ3n) is 5.02. The second kappa shape index (κ2) is 9.06. The Bertz CT molecular complexity index is 727. The van der Waals surface area contributed by atoms with Crippen molar-refractivity contribution in [2.45, 2.75) is 24.8 Å². The van der Waals surface area contributed by atoms with Crippen molar-refractivity contribution in [2.24, 2.45) is 4.99 Å². The predicted octanol–water partition coefficient (Wildman–Crippen LogP) is 3.75. The summed E-state index contributed by atoms with van der Waals surface area (Å²) in [6.45, 7) is 3.02. The summed E-state index contributed by atoms with van der Waals surface area (Å²) in [4.78, 5) is 4.36. The van der Waals surface area contributed by atoms with Gasteiger partial charge >= 0.3 is 0 Å². The van der Waals surface area contributed by atoms with Gasteiger partial charge in [-0.3, -0.25) is 4.99 Å². The molecule has 3 rings (SSSR count). The number of hydrogen-bond donors (Lipinski definition) is 2. The highest BCUT2D eigenvalue weighted by atomic mass is 35.5. The molecule has 2 aromatic rings. The van der Waals surface area contributed by atoms with Crippen molar-refractivity contribution in [1.82, 2.24) is 10.6 Å². The first kappa shape index (κ1) is 18.7. The van der Waals surface area contributed by atoms with E-state index in [-0.39, 0.29) is 5.41 Å². The highest BCUT2D eigenvalue weighted by Crippen LogP contribution is 2.38. The van der Waals surface area contributed by atoms with E-state index in [1.165, 1.54) is 11.1 Å². The van der Waals surface area contributed by atoms with Gasteiger partial charge < -0.3 is 15.4 Å². The van der Waals surface area contributed by atoms with E-state index in [2.05, 4.69) is 39.9 Å². The first-order valence-electron chi connectivity index (χ1n) is 9.05. The van der Waals surface area contributed by atoms with Crippen LogP contribution in [0.5, 0.6) is 0 Å². The third kappa shape index (κ3) is 4.57. The van der Waals surface area contributed by atoms with E-state index >= 15 is 0 Å². The number of nitrogens with zero attached hydrogens (tertiary/aromatic N) is 1. The monoisotopic (exact) mass is 371 g/mol. The summed E-state index contributed by atoms with van der Waals surface area (Å²) in [6.07, 6.45) is 1.89. The van der Waals surface area contributed by atoms with E-state index in [4.69, 9.17) is 16.3 Å². The molecule has 138 valence electrons. The van der Waals surface area contributed by atoms with Crippen molar-refractivity contribution >= 4 is 17.6 Å². The SMILES string of the molecule is CN=C(NCc1ccccc1)NCC1(c2ccccc2Cl)CCOCC1. The van der Waals surface area contributed by atoms with Crippen LogP contribution in [-0.2, 0) is 16.7 Å². The van der Waals surface area contributed by atoms with Gasteiger partial charge in [-0.2, -0.15) is 0 Å². The first-order valence-corrected chi connectivity index (χ1v) is 9.42. The van der Waals surface area contributed by atoms with E-state index in [9.17, 15) is 0 Å². The molecular weight excluding hydrogens is 346 g/mol. The summed E-state index contributed by atoms with van der Waals surface area (Å²) in [5.74, 6) is 0.798. The maximum absolute atomic E-state index is 6.52. The van der Waals surface area contributed by atoms with Gasteiger partial charge in [0.25, 0.3) is 0 Å². The lowest BCUT2D eigenvalue weighted by molar-refractivity contribution is 0.0514. The minimum Gasteiger partial charge on any atom is -0.381 e. The molecule has 2 N–H and O–H groups in total. The van der Waals surface area contributed by atoms with Crippen LogP contribution in [0.4, 0.5) is 0 Å². The molecule has 1 fully saturated rings. The Morgan fingerprint density at radius 3 is 2.42 bits per heavy atom. The van der Waals surface area contributed by atoms with Crippen LogP contribution in [-0.4, -0.2) is 32.8 Å². The molecule has 0 spiro atoms. The minimum atomic E-state index is -0.0407. The van der Waals surface area contributed by atoms with E-state index in [0.29, 0.717) is 0 Å². The molecule has 0 saturated carbocycles. The molecule has 1 heterocycles. The summed E-state index contributed by atoms with van der Waals surface area (Å²) in [6, 6.07) is 18.5. The molecule has 4 nitrogen and oxygen atoms in total. The number of nitrogens with one attached hydrogen (secondary N) is 2. The van der Waals surface area contributed by atoms with Crippen molar-refractivity contribution in [1.29, 1.82) is 0 Å². The summed E-state index contributed by atoms with van der Waals surface area (Å²) in [5.41, 5.74) is 2.37. The molecule has 0 unspecified atom stereocenters. The van der Waals surface area contributed by atoms with Crippen LogP contribution >= 0.6 is 11.6 Å². The predicted molar refractivity (Wildman–Crippen MR) is 108 cm³/mol. The molecule has 26 heavy (non-hydrogen) atoms. The Morgan fingerprint density at radius 2 is 1.73 bits per heavy atom. The molecule has 0 bridgehead atoms. The molecule has 0 aliphatic carbocycles. The molecule has 0 radical (unpaired) electrons. The Kier molecular flexibility index (Phi) is 6.53. The smallest absolute Gasteiger partial charge is 0.191 e. The Labute approximate surface area is 160 Å². The molecule has 0 aromatic heterocycles. The maximum atomic E-state index is 6.52. The largest absolute Gasteiger partial charge is 0.381 e. The fourth-order valence-corrected chi connectivity index (χ4v) is 3.79. The van der Waals surface area contributed by atoms with Crippen LogP contribution in [0, 0.1) is 0 Å². The van der Waals surface area contributed by atoms with Crippen LogP contribution in [0.1, 0.15) is 24.0 Å². The zero-order chi connectivity index (χ0) is 18.2. The van der Waals surface area contributed by atoms with Gasteiger partial charge in [-0.15, -0.1) is 0 Å². The van der Waals surface area contributed by atoms with E-state index in [1.54, 1.807) is 7.05 Å². The highest BCUT2D eigenvalue weighted by molar-refractivity contribution is 6.31. The standard InChI is InChI=1S/C21H26ClN3O/c1-23-20(24-15-17-7-3-2-4-8-17)25-16-21(11-13-26-14-12-21)18-9-5-6-10-19(18)22/h2-10H,11-16H2,1H3,(H2,23,24,25). The van der Waals surface area contributed by atoms with Gasteiger partial charge in [0.2, 0.25) is 0 Å². The van der Waals surface area contributed by atoms with Crippen molar-refractivity contribution in [3.63, 3.8) is 0 Å². The lowest BCUT2D eigenvalue weighted by atomic mass is 9.74. The van der Waals surface area contributed by atoms with E-state index in [1.807, 2.05) is 30.3 Å². The number of rotatable bonds is 5. The fraction of sp³-hybridized carbons (Fsp3) is 0.381. The Balaban J connectivity index is 1.68. The maximum Gasteiger partial charge on any atom is 0.191 e. The number of hydrogen-bond acceptors (Lipinski definition) is 2. The second-order valence-electron chi connectivity index (χ2n) is 6.64. The summed E-state index contributed by atoms with van der Waals surface area (Å²) >= 11 is 6.52. The van der Waals surface area contributed by atoms with Gasteiger partial charge in [0.1, 0.15) is 0 Å². The molecule has 2 aromatic carbocycles. The Morgan fingerprint density at radius 1 is 1.04 bits per heavy atom. The third-order valence-corrected chi connectivity index (χ3v) is 5.35. The van der Waals surface area contributed by atoms with Crippen LogP contribution < -0.4 is 10.6 Å². The first-order chi connectivity index (χ1) is 12.7. The minimum absolute atomic E-state index is 0.0407. The fourth-order valence-electron chi connectivity index (χ4n) is 3.45. The van der Waals surface area contributed by atoms with Crippen LogP contribution in [0.15, 0.2) is 59.6 Å². The van der Waals surface area contributed by atoms with Gasteiger partial charge in [-0.1, -0.05) is 60.1 Å². The highest BCUT2D eigenvalue weighted by Gasteiger charge is 2.36. The van der Waals surface area contributed by atoms with Gasteiger partial charge in [0, 0.05) is 43.8 Å². The summed E-state index contributed by atoms with van der Waals surface area (Å²) in [5, 5.41) is 7.71. The Hall–Kier alpha value is -2.04. The van der Waals surface area contributed by atoms with Crippen molar-refractivity contribution < 1.29 is 4.74 Å². The molecule has 0 atom stereocenters. The van der Waals surface area contributed by atoms with Crippen molar-refractivity contribution in [3.05, 3.63) is 70.7 Å². The average molecular weight is 372 g/mol.